The van der Waals surface area contributed by atoms with Crippen LogP contribution in [0.2, 0.25) is 0 Å². The first-order valence-electron chi connectivity index (χ1n) is 8.61. The molecule has 0 fully saturated rings. The average Bonchev–Trinajstić information content (AvgIpc) is 2.65. The maximum atomic E-state index is 12.5. The molecule has 0 bridgehead atoms. The molecular weight excluding hydrogens is 330 g/mol. The van der Waals surface area contributed by atoms with Gasteiger partial charge in [0.15, 0.2) is 0 Å². The molecule has 0 atom stereocenters. The van der Waals surface area contributed by atoms with Gasteiger partial charge in [0.05, 0.1) is 17.4 Å². The molecule has 3 rings (SSSR count). The number of hydrogen-bond acceptors (Lipinski definition) is 4. The number of para-hydroxylation sites is 2. The minimum atomic E-state index is -0.205. The number of aromatic nitrogens is 2. The molecule has 0 radical (unpaired) electrons. The molecule has 26 heavy (non-hydrogen) atoms. The van der Waals surface area contributed by atoms with Crippen LogP contribution in [0.1, 0.15) is 24.7 Å². The van der Waals surface area contributed by atoms with Crippen LogP contribution in [-0.4, -0.2) is 32.4 Å². The van der Waals surface area contributed by atoms with E-state index in [4.69, 9.17) is 0 Å². The summed E-state index contributed by atoms with van der Waals surface area (Å²) in [6, 6.07) is 14.1. The van der Waals surface area contributed by atoms with Gasteiger partial charge in [-0.3, -0.25) is 9.59 Å². The number of benzene rings is 2. The number of H-pyrrole nitrogens is 1. The van der Waals surface area contributed by atoms with E-state index in [0.717, 1.165) is 5.56 Å². The zero-order chi connectivity index (χ0) is 18.5. The van der Waals surface area contributed by atoms with Crippen LogP contribution in [0.15, 0.2) is 53.3 Å². The number of hydrogen-bond donors (Lipinski definition) is 2. The van der Waals surface area contributed by atoms with Gasteiger partial charge in [0.2, 0.25) is 5.91 Å². The van der Waals surface area contributed by atoms with Gasteiger partial charge in [0.1, 0.15) is 11.6 Å². The number of fused-ring (bicyclic) bond motifs is 1. The Labute approximate surface area is 151 Å². The summed E-state index contributed by atoms with van der Waals surface area (Å²) in [6.07, 6.45) is 0.743. The SMILES string of the molecule is CCN(Cc1nc2ccccc2c(=O)[nH]1)C(=O)CCc1ccccc1O. The summed E-state index contributed by atoms with van der Waals surface area (Å²) in [5, 5.41) is 10.3. The minimum Gasteiger partial charge on any atom is -0.508 e. The van der Waals surface area contributed by atoms with Crippen LogP contribution in [0, 0.1) is 0 Å². The molecule has 1 aromatic heterocycles. The third-order valence-corrected chi connectivity index (χ3v) is 4.34. The van der Waals surface area contributed by atoms with Gasteiger partial charge in [0.25, 0.3) is 5.56 Å². The van der Waals surface area contributed by atoms with Gasteiger partial charge in [-0.25, -0.2) is 4.98 Å². The number of carbonyl (C=O) groups excluding carboxylic acids is 1. The Morgan fingerprint density at radius 2 is 1.88 bits per heavy atom. The van der Waals surface area contributed by atoms with Crippen molar-refractivity contribution in [3.8, 4) is 5.75 Å². The van der Waals surface area contributed by atoms with E-state index in [-0.39, 0.29) is 30.2 Å². The fourth-order valence-corrected chi connectivity index (χ4v) is 2.89. The van der Waals surface area contributed by atoms with Crippen molar-refractivity contribution < 1.29 is 9.90 Å². The fraction of sp³-hybridized carbons (Fsp3) is 0.250. The Kier molecular flexibility index (Phi) is 5.31. The van der Waals surface area contributed by atoms with Crippen molar-refractivity contribution in [2.45, 2.75) is 26.3 Å². The maximum absolute atomic E-state index is 12.5. The number of carbonyl (C=O) groups is 1. The first-order chi connectivity index (χ1) is 12.6. The topological polar surface area (TPSA) is 86.3 Å². The van der Waals surface area contributed by atoms with Crippen LogP contribution in [0.25, 0.3) is 10.9 Å². The number of phenolic OH excluding ortho intramolecular Hbond substituents is 1. The molecule has 6 nitrogen and oxygen atoms in total. The monoisotopic (exact) mass is 351 g/mol. The lowest BCUT2D eigenvalue weighted by Crippen LogP contribution is -2.32. The van der Waals surface area contributed by atoms with Crippen molar-refractivity contribution in [3.63, 3.8) is 0 Å². The third-order valence-electron chi connectivity index (χ3n) is 4.34. The van der Waals surface area contributed by atoms with Gasteiger partial charge in [-0.1, -0.05) is 30.3 Å². The van der Waals surface area contributed by atoms with Gasteiger partial charge >= 0.3 is 0 Å². The number of aromatic hydroxyl groups is 1. The summed E-state index contributed by atoms with van der Waals surface area (Å²) in [7, 11) is 0. The molecule has 0 saturated heterocycles. The fourth-order valence-electron chi connectivity index (χ4n) is 2.89. The van der Waals surface area contributed by atoms with E-state index in [1.165, 1.54) is 0 Å². The van der Waals surface area contributed by atoms with Crippen molar-refractivity contribution in [1.82, 2.24) is 14.9 Å². The summed E-state index contributed by atoms with van der Waals surface area (Å²) in [5.74, 6) is 0.613. The molecule has 0 saturated carbocycles. The summed E-state index contributed by atoms with van der Waals surface area (Å²) >= 11 is 0. The van der Waals surface area contributed by atoms with E-state index < -0.39 is 0 Å². The second-order valence-electron chi connectivity index (χ2n) is 6.07. The van der Waals surface area contributed by atoms with Crippen molar-refractivity contribution in [1.29, 1.82) is 0 Å². The van der Waals surface area contributed by atoms with Crippen molar-refractivity contribution in [3.05, 3.63) is 70.3 Å². The normalized spacial score (nSPS) is 10.8. The quantitative estimate of drug-likeness (QED) is 0.715. The number of aromatic amines is 1. The van der Waals surface area contributed by atoms with Crippen LogP contribution in [0.4, 0.5) is 0 Å². The van der Waals surface area contributed by atoms with Gasteiger partial charge in [-0.05, 0) is 37.1 Å². The number of amides is 1. The van der Waals surface area contributed by atoms with Crippen LogP contribution in [-0.2, 0) is 17.8 Å². The molecule has 0 unspecified atom stereocenters. The highest BCUT2D eigenvalue weighted by Crippen LogP contribution is 2.18. The summed E-state index contributed by atoms with van der Waals surface area (Å²) in [6.45, 7) is 2.64. The number of nitrogens with one attached hydrogen (secondary N) is 1. The molecule has 3 aromatic rings. The number of aryl methyl sites for hydroxylation is 1. The molecule has 1 heterocycles. The lowest BCUT2D eigenvalue weighted by molar-refractivity contribution is -0.131. The first-order valence-corrected chi connectivity index (χ1v) is 8.61. The lowest BCUT2D eigenvalue weighted by Gasteiger charge is -2.20. The smallest absolute Gasteiger partial charge is 0.258 e. The highest BCUT2D eigenvalue weighted by Gasteiger charge is 2.15. The minimum absolute atomic E-state index is 0.0495. The molecule has 0 aliphatic heterocycles. The highest BCUT2D eigenvalue weighted by atomic mass is 16.3. The first kappa shape index (κ1) is 17.7. The molecule has 0 aliphatic rings. The Bertz CT molecular complexity index is 981. The largest absolute Gasteiger partial charge is 0.508 e. The van der Waals surface area contributed by atoms with Gasteiger partial charge < -0.3 is 15.0 Å². The van der Waals surface area contributed by atoms with E-state index in [1.807, 2.05) is 19.1 Å². The zero-order valence-electron chi connectivity index (χ0n) is 14.6. The summed E-state index contributed by atoms with van der Waals surface area (Å²) < 4.78 is 0. The number of nitrogens with zero attached hydrogens (tertiary/aromatic N) is 2. The van der Waals surface area contributed by atoms with Gasteiger partial charge in [0, 0.05) is 13.0 Å². The Hall–Kier alpha value is -3.15. The van der Waals surface area contributed by atoms with E-state index in [0.29, 0.717) is 29.7 Å². The second kappa shape index (κ2) is 7.82. The molecule has 2 aromatic carbocycles. The predicted octanol–water partition coefficient (Wildman–Crippen LogP) is 2.61. The molecule has 1 amide bonds. The average molecular weight is 351 g/mol. The van der Waals surface area contributed by atoms with E-state index >= 15 is 0 Å². The van der Waals surface area contributed by atoms with Crippen LogP contribution < -0.4 is 5.56 Å². The van der Waals surface area contributed by atoms with Crippen LogP contribution in [0.3, 0.4) is 0 Å². The number of rotatable bonds is 6. The molecular formula is C20H21N3O3. The Morgan fingerprint density at radius 1 is 1.15 bits per heavy atom. The molecule has 134 valence electrons. The molecule has 2 N–H and O–H groups in total. The summed E-state index contributed by atoms with van der Waals surface area (Å²) in [4.78, 5) is 33.5. The van der Waals surface area contributed by atoms with E-state index in [1.54, 1.807) is 41.3 Å². The van der Waals surface area contributed by atoms with Crippen LogP contribution in [0.5, 0.6) is 5.75 Å². The standard InChI is InChI=1S/C20H21N3O3/c1-2-23(19(25)12-11-14-7-3-6-10-17(14)24)13-18-21-16-9-5-4-8-15(16)20(26)22-18/h3-10,24H,2,11-13H2,1H3,(H,21,22,26). The zero-order valence-corrected chi connectivity index (χ0v) is 14.6. The Morgan fingerprint density at radius 3 is 2.65 bits per heavy atom. The lowest BCUT2D eigenvalue weighted by atomic mass is 10.1. The predicted molar refractivity (Wildman–Crippen MR) is 99.9 cm³/mol. The molecule has 0 spiro atoms. The van der Waals surface area contributed by atoms with E-state index in [9.17, 15) is 14.7 Å². The van der Waals surface area contributed by atoms with Gasteiger partial charge in [-0.2, -0.15) is 0 Å². The Balaban J connectivity index is 1.72. The second-order valence-corrected chi connectivity index (χ2v) is 6.07. The van der Waals surface area contributed by atoms with Crippen molar-refractivity contribution in [2.24, 2.45) is 0 Å². The van der Waals surface area contributed by atoms with Crippen molar-refractivity contribution in [2.75, 3.05) is 6.54 Å². The third kappa shape index (κ3) is 3.91. The van der Waals surface area contributed by atoms with Crippen molar-refractivity contribution >= 4 is 16.8 Å². The van der Waals surface area contributed by atoms with E-state index in [2.05, 4.69) is 9.97 Å². The molecule has 0 aliphatic carbocycles. The number of phenols is 1. The van der Waals surface area contributed by atoms with Crippen LogP contribution >= 0.6 is 0 Å². The highest BCUT2D eigenvalue weighted by molar-refractivity contribution is 5.78. The van der Waals surface area contributed by atoms with Gasteiger partial charge in [-0.15, -0.1) is 0 Å². The summed E-state index contributed by atoms with van der Waals surface area (Å²) in [5.41, 5.74) is 1.15. The maximum Gasteiger partial charge on any atom is 0.258 e. The molecule has 6 heteroatoms.